The smallest absolute Gasteiger partial charge is 0.161 e. The van der Waals surface area contributed by atoms with Crippen LogP contribution in [0, 0.1) is 0 Å². The maximum Gasteiger partial charge on any atom is 0.161 e. The lowest BCUT2D eigenvalue weighted by Gasteiger charge is -2.13. The van der Waals surface area contributed by atoms with Gasteiger partial charge in [0.25, 0.3) is 0 Å². The second kappa shape index (κ2) is 13.4. The van der Waals surface area contributed by atoms with Crippen molar-refractivity contribution in [3.8, 4) is 67.2 Å². The molecule has 0 aliphatic rings. The highest BCUT2D eigenvalue weighted by molar-refractivity contribution is 6.13. The summed E-state index contributed by atoms with van der Waals surface area (Å²) >= 11 is 0. The molecular formula is C52H34N2. The first-order valence-electron chi connectivity index (χ1n) is 18.4. The lowest BCUT2D eigenvalue weighted by Crippen LogP contribution is -1.96. The number of benzene rings is 9. The van der Waals surface area contributed by atoms with E-state index in [2.05, 4.69) is 206 Å². The Morgan fingerprint density at radius 3 is 1.37 bits per heavy atom. The van der Waals surface area contributed by atoms with Crippen molar-refractivity contribution in [3.63, 3.8) is 0 Å². The molecule has 0 unspecified atom stereocenters. The lowest BCUT2D eigenvalue weighted by atomic mass is 9.95. The van der Waals surface area contributed by atoms with Crippen molar-refractivity contribution in [3.05, 3.63) is 206 Å². The molecule has 0 aliphatic heterocycles. The van der Waals surface area contributed by atoms with E-state index in [1.165, 1.54) is 49.7 Å². The van der Waals surface area contributed by atoms with E-state index in [9.17, 15) is 0 Å². The van der Waals surface area contributed by atoms with Crippen LogP contribution in [-0.2, 0) is 0 Å². The normalized spacial score (nSPS) is 11.3. The maximum atomic E-state index is 5.33. The molecular weight excluding hydrogens is 653 g/mol. The number of rotatable bonds is 6. The fourth-order valence-electron chi connectivity index (χ4n) is 7.72. The Balaban J connectivity index is 0.990. The molecule has 0 atom stereocenters. The fourth-order valence-corrected chi connectivity index (χ4v) is 7.72. The van der Waals surface area contributed by atoms with Crippen LogP contribution in [0.15, 0.2) is 206 Å². The van der Waals surface area contributed by atoms with Crippen molar-refractivity contribution in [1.29, 1.82) is 0 Å². The van der Waals surface area contributed by atoms with Crippen LogP contribution in [0.25, 0.3) is 99.6 Å². The molecule has 0 saturated carbocycles. The van der Waals surface area contributed by atoms with Crippen molar-refractivity contribution < 1.29 is 0 Å². The Morgan fingerprint density at radius 2 is 0.722 bits per heavy atom. The third-order valence-electron chi connectivity index (χ3n) is 10.5. The van der Waals surface area contributed by atoms with Crippen LogP contribution >= 0.6 is 0 Å². The molecule has 0 aliphatic carbocycles. The first kappa shape index (κ1) is 31.6. The molecule has 2 nitrogen and oxygen atoms in total. The lowest BCUT2D eigenvalue weighted by molar-refractivity contribution is 1.24. The summed E-state index contributed by atoms with van der Waals surface area (Å²) in [6.07, 6.45) is 0. The number of hydrogen-bond acceptors (Lipinski definition) is 2. The van der Waals surface area contributed by atoms with Gasteiger partial charge in [0.05, 0.1) is 11.2 Å². The number of hydrogen-bond donors (Lipinski definition) is 0. The van der Waals surface area contributed by atoms with Crippen LogP contribution in [0.2, 0.25) is 0 Å². The molecule has 10 aromatic rings. The van der Waals surface area contributed by atoms with E-state index in [1.807, 2.05) is 0 Å². The van der Waals surface area contributed by atoms with Crippen LogP contribution in [0.4, 0.5) is 0 Å². The van der Waals surface area contributed by atoms with Crippen molar-refractivity contribution in [2.75, 3.05) is 0 Å². The van der Waals surface area contributed by atoms with Crippen LogP contribution < -0.4 is 0 Å². The van der Waals surface area contributed by atoms with E-state index >= 15 is 0 Å². The fraction of sp³-hybridized carbons (Fsp3) is 0. The average Bonchev–Trinajstić information content (AvgIpc) is 3.26. The minimum atomic E-state index is 0.734. The first-order valence-corrected chi connectivity index (χ1v) is 18.4. The average molecular weight is 687 g/mol. The summed E-state index contributed by atoms with van der Waals surface area (Å²) in [4.78, 5) is 10.5. The van der Waals surface area contributed by atoms with Gasteiger partial charge in [-0.25, -0.2) is 9.97 Å². The van der Waals surface area contributed by atoms with E-state index < -0.39 is 0 Å². The molecule has 2 heteroatoms. The SMILES string of the molecule is c1ccc(-c2cccc(-c3cccc(-c4ccc(-c5ccc(-c6nc(-c7cccc8ccccc78)nc7ccc8ccccc8c67)cc5)cc4)c3)c2)cc1. The van der Waals surface area contributed by atoms with Gasteiger partial charge in [-0.2, -0.15) is 0 Å². The number of nitrogens with zero attached hydrogens (tertiary/aromatic N) is 2. The Labute approximate surface area is 314 Å². The highest BCUT2D eigenvalue weighted by Gasteiger charge is 2.16. The summed E-state index contributed by atoms with van der Waals surface area (Å²) < 4.78 is 0. The van der Waals surface area contributed by atoms with Gasteiger partial charge < -0.3 is 0 Å². The molecule has 0 N–H and O–H groups in total. The second-order valence-electron chi connectivity index (χ2n) is 13.8. The minimum Gasteiger partial charge on any atom is -0.228 e. The molecule has 0 amide bonds. The molecule has 10 rings (SSSR count). The monoisotopic (exact) mass is 686 g/mol. The third-order valence-corrected chi connectivity index (χ3v) is 10.5. The molecule has 0 radical (unpaired) electrons. The van der Waals surface area contributed by atoms with E-state index in [0.29, 0.717) is 0 Å². The Bertz CT molecular complexity index is 2960. The molecule has 0 saturated heterocycles. The zero-order chi connectivity index (χ0) is 35.8. The Morgan fingerprint density at radius 1 is 0.278 bits per heavy atom. The van der Waals surface area contributed by atoms with Gasteiger partial charge in [-0.15, -0.1) is 0 Å². The summed E-state index contributed by atoms with van der Waals surface area (Å²) in [6, 6.07) is 73.5. The van der Waals surface area contributed by atoms with E-state index in [4.69, 9.17) is 9.97 Å². The zero-order valence-corrected chi connectivity index (χ0v) is 29.5. The quantitative estimate of drug-likeness (QED) is 0.163. The van der Waals surface area contributed by atoms with Crippen LogP contribution in [0.3, 0.4) is 0 Å². The third kappa shape index (κ3) is 5.81. The summed E-state index contributed by atoms with van der Waals surface area (Å²) in [5, 5.41) is 5.73. The largest absolute Gasteiger partial charge is 0.228 e. The number of fused-ring (bicyclic) bond motifs is 4. The van der Waals surface area contributed by atoms with Crippen LogP contribution in [0.1, 0.15) is 0 Å². The molecule has 9 aromatic carbocycles. The predicted molar refractivity (Wildman–Crippen MR) is 227 cm³/mol. The second-order valence-corrected chi connectivity index (χ2v) is 13.8. The molecule has 54 heavy (non-hydrogen) atoms. The Kier molecular flexibility index (Phi) is 7.85. The Hall–Kier alpha value is -7.16. The van der Waals surface area contributed by atoms with Gasteiger partial charge in [0.15, 0.2) is 5.82 Å². The van der Waals surface area contributed by atoms with Gasteiger partial charge in [0, 0.05) is 16.5 Å². The van der Waals surface area contributed by atoms with Crippen LogP contribution in [-0.4, -0.2) is 9.97 Å². The molecule has 0 fully saturated rings. The molecule has 0 spiro atoms. The standard InChI is InChI=1S/C52H34N2/c1-2-11-35(12-3-1)42-16-8-18-44(33-42)45-19-9-17-43(34-45)38-25-23-36(24-26-38)37-27-29-41(30-28-37)51-50-47-21-7-5-14-40(47)31-32-49(50)53-52(54-51)48-22-10-15-39-13-4-6-20-46(39)48/h1-34H. The van der Waals surface area contributed by atoms with E-state index in [0.717, 1.165) is 49.9 Å². The zero-order valence-electron chi connectivity index (χ0n) is 29.5. The summed E-state index contributed by atoms with van der Waals surface area (Å²) in [7, 11) is 0. The van der Waals surface area contributed by atoms with Gasteiger partial charge >= 0.3 is 0 Å². The van der Waals surface area contributed by atoms with Gasteiger partial charge in [0.1, 0.15) is 0 Å². The van der Waals surface area contributed by atoms with Crippen molar-refractivity contribution in [1.82, 2.24) is 9.97 Å². The molecule has 252 valence electrons. The first-order chi connectivity index (χ1) is 26.7. The highest BCUT2D eigenvalue weighted by atomic mass is 14.9. The topological polar surface area (TPSA) is 25.8 Å². The molecule has 0 bridgehead atoms. The van der Waals surface area contributed by atoms with Gasteiger partial charge in [-0.1, -0.05) is 188 Å². The highest BCUT2D eigenvalue weighted by Crippen LogP contribution is 2.37. The van der Waals surface area contributed by atoms with Gasteiger partial charge in [0.2, 0.25) is 0 Å². The minimum absolute atomic E-state index is 0.734. The maximum absolute atomic E-state index is 5.33. The summed E-state index contributed by atoms with van der Waals surface area (Å²) in [6.45, 7) is 0. The van der Waals surface area contributed by atoms with E-state index in [-0.39, 0.29) is 0 Å². The molecule has 1 aromatic heterocycles. The van der Waals surface area contributed by atoms with Crippen LogP contribution in [0.5, 0.6) is 0 Å². The van der Waals surface area contributed by atoms with Crippen molar-refractivity contribution in [2.24, 2.45) is 0 Å². The van der Waals surface area contributed by atoms with Gasteiger partial charge in [-0.3, -0.25) is 0 Å². The van der Waals surface area contributed by atoms with E-state index in [1.54, 1.807) is 0 Å². The van der Waals surface area contributed by atoms with Crippen molar-refractivity contribution in [2.45, 2.75) is 0 Å². The van der Waals surface area contributed by atoms with Crippen molar-refractivity contribution >= 4 is 32.4 Å². The predicted octanol–water partition coefficient (Wildman–Crippen LogP) is 13.9. The summed E-state index contributed by atoms with van der Waals surface area (Å²) in [5.41, 5.74) is 13.6. The van der Waals surface area contributed by atoms with Gasteiger partial charge in [-0.05, 0) is 84.3 Å². The summed E-state index contributed by atoms with van der Waals surface area (Å²) in [5.74, 6) is 0.734. The molecule has 1 heterocycles. The number of aromatic nitrogens is 2.